The Morgan fingerprint density at radius 3 is 3.00 bits per heavy atom. The number of likely N-dealkylation sites (tertiary alicyclic amines) is 1. The van der Waals surface area contributed by atoms with E-state index in [9.17, 15) is 4.39 Å². The van der Waals surface area contributed by atoms with Gasteiger partial charge in [0.15, 0.2) is 0 Å². The van der Waals surface area contributed by atoms with Crippen molar-refractivity contribution in [2.75, 3.05) is 20.2 Å². The molecule has 25 heavy (non-hydrogen) atoms. The fourth-order valence-corrected chi connectivity index (χ4v) is 4.84. The Kier molecular flexibility index (Phi) is 4.68. The summed E-state index contributed by atoms with van der Waals surface area (Å²) in [6.45, 7) is 2.95. The van der Waals surface area contributed by atoms with Crippen molar-refractivity contribution in [1.82, 2.24) is 4.98 Å². The van der Waals surface area contributed by atoms with Crippen LogP contribution in [0.1, 0.15) is 29.3 Å². The van der Waals surface area contributed by atoms with E-state index in [4.69, 9.17) is 9.72 Å². The molecule has 1 aliphatic heterocycles. The number of halogens is 1. The Hall–Kier alpha value is -1.98. The highest BCUT2D eigenvalue weighted by molar-refractivity contribution is 7.18. The average Bonchev–Trinajstić information content (AvgIpc) is 3.06. The first-order valence-corrected chi connectivity index (χ1v) is 9.56. The van der Waals surface area contributed by atoms with Crippen molar-refractivity contribution >= 4 is 21.6 Å². The molecule has 1 fully saturated rings. The van der Waals surface area contributed by atoms with Gasteiger partial charge in [-0.1, -0.05) is 12.1 Å². The first-order valence-electron chi connectivity index (χ1n) is 8.74. The zero-order chi connectivity index (χ0) is 17.2. The van der Waals surface area contributed by atoms with E-state index in [1.807, 2.05) is 17.4 Å². The minimum atomic E-state index is -0.199. The van der Waals surface area contributed by atoms with E-state index in [-0.39, 0.29) is 5.82 Å². The standard InChI is InChI=1S/C20H21FN2OS/c1-24-18-9-8-16(21)11-15(18)13-23-10-4-5-14(12-23)20-22-17-6-2-3-7-19(17)25-20/h2-3,6-9,11,14H,4-5,10,12-13H2,1H3/p+1/t14-/m0/s1. The number of ether oxygens (including phenoxy) is 1. The molecule has 2 aromatic carbocycles. The van der Waals surface area contributed by atoms with Crippen molar-refractivity contribution in [3.63, 3.8) is 0 Å². The maximum atomic E-state index is 13.6. The molecule has 3 aromatic rings. The molecule has 0 radical (unpaired) electrons. The number of quaternary nitrogens is 1. The van der Waals surface area contributed by atoms with Gasteiger partial charge in [0.2, 0.25) is 0 Å². The van der Waals surface area contributed by atoms with Crippen LogP contribution in [0.25, 0.3) is 10.2 Å². The topological polar surface area (TPSA) is 26.6 Å². The lowest BCUT2D eigenvalue weighted by Gasteiger charge is -2.29. The SMILES string of the molecule is COc1ccc(F)cc1C[NH+]1CCC[C@H](c2nc3ccccc3s2)C1. The Bertz CT molecular complexity index is 846. The van der Waals surface area contributed by atoms with Crippen molar-refractivity contribution in [1.29, 1.82) is 0 Å². The number of piperidine rings is 1. The zero-order valence-electron chi connectivity index (χ0n) is 14.3. The highest BCUT2D eigenvalue weighted by Gasteiger charge is 2.27. The molecule has 1 aliphatic rings. The van der Waals surface area contributed by atoms with E-state index < -0.39 is 0 Å². The number of aromatic nitrogens is 1. The predicted octanol–water partition coefficient (Wildman–Crippen LogP) is 3.41. The van der Waals surface area contributed by atoms with Gasteiger partial charge >= 0.3 is 0 Å². The predicted molar refractivity (Wildman–Crippen MR) is 98.9 cm³/mol. The third kappa shape index (κ3) is 3.53. The van der Waals surface area contributed by atoms with Crippen molar-refractivity contribution < 1.29 is 14.0 Å². The molecular weight excluding hydrogens is 335 g/mol. The van der Waals surface area contributed by atoms with Gasteiger partial charge in [0, 0.05) is 0 Å². The van der Waals surface area contributed by atoms with Gasteiger partial charge in [-0.15, -0.1) is 11.3 Å². The first kappa shape index (κ1) is 16.5. The second-order valence-electron chi connectivity index (χ2n) is 6.70. The summed E-state index contributed by atoms with van der Waals surface area (Å²) in [6, 6.07) is 13.1. The molecule has 0 amide bonds. The quantitative estimate of drug-likeness (QED) is 0.775. The van der Waals surface area contributed by atoms with Gasteiger partial charge in [0.05, 0.1) is 41.9 Å². The number of methoxy groups -OCH3 is 1. The lowest BCUT2D eigenvalue weighted by atomic mass is 9.98. The van der Waals surface area contributed by atoms with Crippen LogP contribution in [-0.4, -0.2) is 25.2 Å². The first-order chi connectivity index (χ1) is 12.2. The van der Waals surface area contributed by atoms with Crippen molar-refractivity contribution in [3.8, 4) is 5.75 Å². The van der Waals surface area contributed by atoms with Crippen LogP contribution in [0.5, 0.6) is 5.75 Å². The van der Waals surface area contributed by atoms with Crippen LogP contribution in [-0.2, 0) is 6.54 Å². The molecule has 1 unspecified atom stereocenters. The van der Waals surface area contributed by atoms with Crippen LogP contribution in [0, 0.1) is 5.82 Å². The lowest BCUT2D eigenvalue weighted by molar-refractivity contribution is -0.920. The van der Waals surface area contributed by atoms with E-state index in [0.29, 0.717) is 5.92 Å². The third-order valence-electron chi connectivity index (χ3n) is 4.96. The summed E-state index contributed by atoms with van der Waals surface area (Å²) in [6.07, 6.45) is 2.36. The van der Waals surface area contributed by atoms with Crippen LogP contribution < -0.4 is 9.64 Å². The minimum absolute atomic E-state index is 0.199. The summed E-state index contributed by atoms with van der Waals surface area (Å²) in [5.41, 5.74) is 2.05. The van der Waals surface area contributed by atoms with E-state index >= 15 is 0 Å². The molecule has 0 aliphatic carbocycles. The van der Waals surface area contributed by atoms with Crippen LogP contribution >= 0.6 is 11.3 Å². The molecule has 2 heterocycles. The van der Waals surface area contributed by atoms with Crippen molar-refractivity contribution in [3.05, 3.63) is 58.9 Å². The Morgan fingerprint density at radius 2 is 2.16 bits per heavy atom. The summed E-state index contributed by atoms with van der Waals surface area (Å²) < 4.78 is 20.3. The maximum Gasteiger partial charge on any atom is 0.127 e. The molecular formula is C20H22FN2OS+. The highest BCUT2D eigenvalue weighted by Crippen LogP contribution is 2.30. The number of thiazole rings is 1. The number of hydrogen-bond donors (Lipinski definition) is 1. The molecule has 130 valence electrons. The van der Waals surface area contributed by atoms with E-state index in [0.717, 1.165) is 36.5 Å². The fourth-order valence-electron chi connectivity index (χ4n) is 3.74. The average molecular weight is 357 g/mol. The van der Waals surface area contributed by atoms with E-state index in [1.165, 1.54) is 33.5 Å². The maximum absolute atomic E-state index is 13.6. The Balaban J connectivity index is 1.52. The zero-order valence-corrected chi connectivity index (χ0v) is 15.1. The largest absolute Gasteiger partial charge is 0.496 e. The van der Waals surface area contributed by atoms with Crippen LogP contribution in [0.2, 0.25) is 0 Å². The second-order valence-corrected chi connectivity index (χ2v) is 7.76. The number of benzene rings is 2. The van der Waals surface area contributed by atoms with Gasteiger partial charge in [-0.2, -0.15) is 0 Å². The molecule has 1 saturated heterocycles. The summed E-state index contributed by atoms with van der Waals surface area (Å²) in [5.74, 6) is 1.06. The fraction of sp³-hybridized carbons (Fsp3) is 0.350. The Labute approximate surface area is 151 Å². The van der Waals surface area contributed by atoms with Gasteiger partial charge in [0.1, 0.15) is 23.1 Å². The normalized spacial score (nSPS) is 20.7. The van der Waals surface area contributed by atoms with Gasteiger partial charge in [0.25, 0.3) is 0 Å². The number of nitrogens with zero attached hydrogens (tertiary/aromatic N) is 1. The van der Waals surface area contributed by atoms with Crippen LogP contribution in [0.4, 0.5) is 4.39 Å². The van der Waals surface area contributed by atoms with Gasteiger partial charge < -0.3 is 9.64 Å². The molecule has 0 saturated carbocycles. The monoisotopic (exact) mass is 357 g/mol. The molecule has 2 atom stereocenters. The molecule has 4 rings (SSSR count). The molecule has 1 aromatic heterocycles. The van der Waals surface area contributed by atoms with E-state index in [2.05, 4.69) is 18.2 Å². The molecule has 1 N–H and O–H groups in total. The summed E-state index contributed by atoms with van der Waals surface area (Å²) >= 11 is 1.81. The molecule has 0 spiro atoms. The summed E-state index contributed by atoms with van der Waals surface area (Å²) in [5, 5.41) is 1.24. The van der Waals surface area contributed by atoms with Gasteiger partial charge in [-0.3, -0.25) is 0 Å². The van der Waals surface area contributed by atoms with Crippen molar-refractivity contribution in [2.45, 2.75) is 25.3 Å². The van der Waals surface area contributed by atoms with E-state index in [1.54, 1.807) is 19.2 Å². The van der Waals surface area contributed by atoms with Crippen molar-refractivity contribution in [2.24, 2.45) is 0 Å². The number of hydrogen-bond acceptors (Lipinski definition) is 3. The number of rotatable bonds is 4. The number of fused-ring (bicyclic) bond motifs is 1. The van der Waals surface area contributed by atoms with Crippen LogP contribution in [0.3, 0.4) is 0 Å². The molecule has 0 bridgehead atoms. The highest BCUT2D eigenvalue weighted by atomic mass is 32.1. The molecule has 5 heteroatoms. The third-order valence-corrected chi connectivity index (χ3v) is 6.16. The lowest BCUT2D eigenvalue weighted by Crippen LogP contribution is -3.12. The number of nitrogens with one attached hydrogen (secondary N) is 1. The van der Waals surface area contributed by atoms with Crippen LogP contribution in [0.15, 0.2) is 42.5 Å². The minimum Gasteiger partial charge on any atom is -0.496 e. The van der Waals surface area contributed by atoms with Gasteiger partial charge in [-0.25, -0.2) is 9.37 Å². The summed E-state index contributed by atoms with van der Waals surface area (Å²) in [7, 11) is 1.65. The Morgan fingerprint density at radius 1 is 1.28 bits per heavy atom. The second kappa shape index (κ2) is 7.10. The smallest absolute Gasteiger partial charge is 0.127 e. The van der Waals surface area contributed by atoms with Gasteiger partial charge in [-0.05, 0) is 43.2 Å². The molecule has 3 nitrogen and oxygen atoms in total. The summed E-state index contributed by atoms with van der Waals surface area (Å²) in [4.78, 5) is 6.32. The number of para-hydroxylation sites is 1.